The summed E-state index contributed by atoms with van der Waals surface area (Å²) < 4.78 is 0. The molecule has 247 valence electrons. The molecule has 1 aromatic heterocycles. The number of fused-ring (bicyclic) bond motifs is 4. The predicted molar refractivity (Wildman–Crippen MR) is 189 cm³/mol. The van der Waals surface area contributed by atoms with Crippen LogP contribution in [0.1, 0.15) is 115 Å². The minimum absolute atomic E-state index is 0. The Balaban J connectivity index is 0.000000309. The molecular weight excluding hydrogens is 745 g/mol. The molecule has 0 saturated carbocycles. The van der Waals surface area contributed by atoms with Crippen molar-refractivity contribution in [3.63, 3.8) is 0 Å². The van der Waals surface area contributed by atoms with E-state index in [1.54, 1.807) is 0 Å². The van der Waals surface area contributed by atoms with E-state index < -0.39 is 0 Å². The Morgan fingerprint density at radius 2 is 1.52 bits per heavy atom. The number of hydrogen-bond donors (Lipinski definition) is 1. The molecule has 46 heavy (non-hydrogen) atoms. The summed E-state index contributed by atoms with van der Waals surface area (Å²) in [5, 5.41) is 12.2. The van der Waals surface area contributed by atoms with Crippen LogP contribution < -0.4 is 0 Å². The van der Waals surface area contributed by atoms with Crippen LogP contribution in [-0.4, -0.2) is 20.9 Å². The minimum atomic E-state index is 0. The van der Waals surface area contributed by atoms with Crippen molar-refractivity contribution in [3.05, 3.63) is 94.9 Å². The first-order valence-corrected chi connectivity index (χ1v) is 17.0. The second-order valence-corrected chi connectivity index (χ2v) is 13.0. The number of rotatable bonds is 10. The topological polar surface area (TPSA) is 63.1 Å². The molecule has 0 saturated heterocycles. The van der Waals surface area contributed by atoms with Gasteiger partial charge in [0.15, 0.2) is 5.78 Å². The van der Waals surface area contributed by atoms with Crippen molar-refractivity contribution in [3.8, 4) is 22.6 Å². The number of aromatic nitrogens is 2. The van der Waals surface area contributed by atoms with E-state index in [2.05, 4.69) is 82.3 Å². The zero-order valence-electron chi connectivity index (χ0n) is 28.9. The maximum absolute atomic E-state index is 11.7. The van der Waals surface area contributed by atoms with E-state index in [1.807, 2.05) is 33.9 Å². The second-order valence-electron chi connectivity index (χ2n) is 13.0. The molecule has 0 fully saturated rings. The van der Waals surface area contributed by atoms with E-state index in [0.717, 1.165) is 61.0 Å². The molecule has 0 aliphatic heterocycles. The predicted octanol–water partition coefficient (Wildman–Crippen LogP) is 11.0. The Morgan fingerprint density at radius 1 is 0.870 bits per heavy atom. The van der Waals surface area contributed by atoms with Crippen molar-refractivity contribution in [2.75, 3.05) is 0 Å². The molecule has 1 heterocycles. The summed E-state index contributed by atoms with van der Waals surface area (Å²) in [7, 11) is 0. The van der Waals surface area contributed by atoms with E-state index in [4.69, 9.17) is 9.97 Å². The number of benzene rings is 3. The van der Waals surface area contributed by atoms with Gasteiger partial charge < -0.3 is 5.11 Å². The summed E-state index contributed by atoms with van der Waals surface area (Å²) in [4.78, 5) is 21.5. The number of carbonyl (C=O) groups is 1. The average molecular weight is 796 g/mol. The number of aliphatic hydroxyl groups excluding tert-OH is 1. The van der Waals surface area contributed by atoms with Gasteiger partial charge in [-0.3, -0.25) is 14.8 Å². The first-order chi connectivity index (χ1) is 21.6. The quantitative estimate of drug-likeness (QED) is 0.0986. The summed E-state index contributed by atoms with van der Waals surface area (Å²) in [6.45, 7) is 17.0. The number of ketones is 1. The summed E-state index contributed by atoms with van der Waals surface area (Å²) in [6, 6.07) is 21.1. The van der Waals surface area contributed by atoms with E-state index in [1.165, 1.54) is 39.3 Å². The molecule has 1 aliphatic rings. The van der Waals surface area contributed by atoms with Gasteiger partial charge in [-0.05, 0) is 67.1 Å². The maximum atomic E-state index is 11.7. The summed E-state index contributed by atoms with van der Waals surface area (Å²) in [6.07, 6.45) is 8.99. The van der Waals surface area contributed by atoms with Crippen molar-refractivity contribution in [1.29, 1.82) is 0 Å². The van der Waals surface area contributed by atoms with Gasteiger partial charge in [-0.15, -0.1) is 29.1 Å². The molecule has 3 aromatic carbocycles. The van der Waals surface area contributed by atoms with E-state index in [0.29, 0.717) is 11.8 Å². The smallest absolute Gasteiger partial charge is 0.162 e. The van der Waals surface area contributed by atoms with Gasteiger partial charge in [0.2, 0.25) is 0 Å². The van der Waals surface area contributed by atoms with Crippen LogP contribution in [0.15, 0.2) is 66.6 Å². The largest absolute Gasteiger partial charge is 0.512 e. The molecule has 4 aromatic rings. The van der Waals surface area contributed by atoms with Crippen LogP contribution >= 0.6 is 0 Å². The average Bonchev–Trinajstić information content (AvgIpc) is 3.04. The third-order valence-electron chi connectivity index (χ3n) is 9.33. The molecule has 0 atom stereocenters. The van der Waals surface area contributed by atoms with Crippen molar-refractivity contribution in [2.45, 2.75) is 106 Å². The van der Waals surface area contributed by atoms with Crippen LogP contribution in [0.2, 0.25) is 0 Å². The van der Waals surface area contributed by atoms with Crippen molar-refractivity contribution < 1.29 is 30.0 Å². The molecule has 1 radical (unpaired) electrons. The van der Waals surface area contributed by atoms with Gasteiger partial charge in [0.05, 0.1) is 17.3 Å². The van der Waals surface area contributed by atoms with Crippen LogP contribution in [0, 0.1) is 17.9 Å². The third-order valence-corrected chi connectivity index (χ3v) is 9.33. The summed E-state index contributed by atoms with van der Waals surface area (Å²) >= 11 is 0. The Bertz CT molecular complexity index is 1650. The number of aryl methyl sites for hydroxylation is 2. The number of hydrogen-bond acceptors (Lipinski definition) is 4. The minimum Gasteiger partial charge on any atom is -0.512 e. The van der Waals surface area contributed by atoms with Gasteiger partial charge in [0.1, 0.15) is 0 Å². The fourth-order valence-corrected chi connectivity index (χ4v) is 6.27. The molecule has 5 rings (SSSR count). The van der Waals surface area contributed by atoms with E-state index in [-0.39, 0.29) is 43.5 Å². The van der Waals surface area contributed by atoms with Gasteiger partial charge in [-0.1, -0.05) is 103 Å². The molecule has 0 unspecified atom stereocenters. The van der Waals surface area contributed by atoms with Gasteiger partial charge in [-0.25, -0.2) is 0 Å². The Kier molecular flexibility index (Phi) is 13.9. The monoisotopic (exact) mass is 796 g/mol. The molecule has 0 bridgehead atoms. The molecule has 1 aliphatic carbocycles. The van der Waals surface area contributed by atoms with E-state index in [9.17, 15) is 9.90 Å². The van der Waals surface area contributed by atoms with Gasteiger partial charge in [0, 0.05) is 49.8 Å². The van der Waals surface area contributed by atoms with Gasteiger partial charge >= 0.3 is 0 Å². The first kappa shape index (κ1) is 37.3. The van der Waals surface area contributed by atoms with Crippen LogP contribution in [-0.2, 0) is 37.7 Å². The zero-order valence-corrected chi connectivity index (χ0v) is 31.3. The van der Waals surface area contributed by atoms with Crippen molar-refractivity contribution in [1.82, 2.24) is 9.97 Å². The Morgan fingerprint density at radius 3 is 2.15 bits per heavy atom. The van der Waals surface area contributed by atoms with Crippen molar-refractivity contribution >= 4 is 16.6 Å². The van der Waals surface area contributed by atoms with Crippen molar-refractivity contribution in [2.24, 2.45) is 11.8 Å². The van der Waals surface area contributed by atoms with Gasteiger partial charge in [0.25, 0.3) is 0 Å². The molecule has 1 N–H and O–H groups in total. The van der Waals surface area contributed by atoms with E-state index >= 15 is 0 Å². The summed E-state index contributed by atoms with van der Waals surface area (Å²) in [5.74, 6) is 2.28. The number of aliphatic hydroxyl groups is 1. The third kappa shape index (κ3) is 8.60. The second kappa shape index (κ2) is 17.1. The SMILES string of the molecule is CC(C)c1ccc2c(c1)CCc1cnc(-c3[c-]c4ccccc4c(C(C)C)c3)nc1-2.CCC(CC)C(=O)/C=C(\O)C(CC)CC.[Ir]. The number of allylic oxidation sites excluding steroid dienone is 2. The fraction of sp³-hybridized carbons (Fsp3) is 0.439. The molecular formula is C41H51IrN2O2-. The van der Waals surface area contributed by atoms with Crippen LogP contribution in [0.4, 0.5) is 0 Å². The molecule has 4 nitrogen and oxygen atoms in total. The number of carbonyl (C=O) groups excluding carboxylic acids is 1. The Labute approximate surface area is 290 Å². The molecule has 5 heteroatoms. The van der Waals surface area contributed by atoms with Crippen LogP contribution in [0.5, 0.6) is 0 Å². The number of nitrogens with zero attached hydrogens (tertiary/aromatic N) is 2. The Hall–Kier alpha value is -3.14. The molecule has 0 spiro atoms. The standard InChI is InChI=1S/C28H27N2.C13H24O2.Ir/c1-17(2)19-11-12-25-21(13-19)9-10-22-16-29-28(30-27(22)25)23-14-20-7-5-6-8-24(20)26(15-23)18(3)4;1-5-10(6-2)12(14)9-13(15)11(7-3)8-4;/h5-8,11-13,15-18H,9-10H2,1-4H3;9-11,14H,5-8H2,1-4H3;/q-1;;/b;12-9-;. The molecule has 0 amide bonds. The maximum Gasteiger partial charge on any atom is 0.162 e. The van der Waals surface area contributed by atoms with Gasteiger partial charge in [-0.2, -0.15) is 0 Å². The van der Waals surface area contributed by atoms with Crippen LogP contribution in [0.25, 0.3) is 33.4 Å². The normalized spacial score (nSPS) is 12.6. The zero-order chi connectivity index (χ0) is 32.7. The summed E-state index contributed by atoms with van der Waals surface area (Å²) in [5.41, 5.74) is 8.69. The first-order valence-electron chi connectivity index (χ1n) is 17.0. The fourth-order valence-electron chi connectivity index (χ4n) is 6.27. The van der Waals surface area contributed by atoms with Crippen LogP contribution in [0.3, 0.4) is 0 Å².